The second kappa shape index (κ2) is 5.69. The molecule has 0 spiro atoms. The van der Waals surface area contributed by atoms with Crippen LogP contribution in [0.15, 0.2) is 10.5 Å². The molecule has 1 aliphatic heterocycles. The van der Waals surface area contributed by atoms with Gasteiger partial charge in [-0.3, -0.25) is 9.69 Å². The molecule has 0 amide bonds. The molecular weight excluding hydrogens is 316 g/mol. The summed E-state index contributed by atoms with van der Waals surface area (Å²) in [5.41, 5.74) is 0. The molecule has 0 aliphatic carbocycles. The minimum Gasteiger partial charge on any atom is -0.480 e. The average molecular weight is 333 g/mol. The zero-order chi connectivity index (χ0) is 13.3. The number of piperazine rings is 1. The number of aryl methyl sites for hydroxylation is 1. The van der Waals surface area contributed by atoms with Crippen LogP contribution >= 0.6 is 27.3 Å². The highest BCUT2D eigenvalue weighted by atomic mass is 79.9. The van der Waals surface area contributed by atoms with Crippen molar-refractivity contribution in [1.29, 1.82) is 0 Å². The molecule has 100 valence electrons. The molecule has 1 fully saturated rings. The Kier molecular flexibility index (Phi) is 4.42. The Morgan fingerprint density at radius 2 is 2.06 bits per heavy atom. The Morgan fingerprint density at radius 1 is 1.44 bits per heavy atom. The van der Waals surface area contributed by atoms with Crippen LogP contribution in [0.3, 0.4) is 0 Å². The van der Waals surface area contributed by atoms with Gasteiger partial charge in [0.25, 0.3) is 0 Å². The molecule has 6 heteroatoms. The van der Waals surface area contributed by atoms with Crippen LogP contribution < -0.4 is 0 Å². The number of carboxylic acids is 1. The Hall–Kier alpha value is -0.430. The van der Waals surface area contributed by atoms with Crippen molar-refractivity contribution in [1.82, 2.24) is 9.80 Å². The van der Waals surface area contributed by atoms with Crippen molar-refractivity contribution in [3.8, 4) is 0 Å². The van der Waals surface area contributed by atoms with E-state index < -0.39 is 12.0 Å². The Balaban J connectivity index is 2.20. The molecule has 1 N–H and O–H groups in total. The van der Waals surface area contributed by atoms with Gasteiger partial charge >= 0.3 is 5.97 Å². The van der Waals surface area contributed by atoms with Crippen molar-refractivity contribution in [3.05, 3.63) is 20.3 Å². The van der Waals surface area contributed by atoms with E-state index in [0.717, 1.165) is 40.4 Å². The van der Waals surface area contributed by atoms with Crippen LogP contribution in [0.5, 0.6) is 0 Å². The maximum atomic E-state index is 11.5. The van der Waals surface area contributed by atoms with Crippen LogP contribution in [0.1, 0.15) is 15.8 Å². The number of hydrogen-bond donors (Lipinski definition) is 1. The number of likely N-dealkylation sites (N-methyl/N-ethyl adjacent to an activating group) is 1. The van der Waals surface area contributed by atoms with Crippen LogP contribution in [-0.2, 0) is 4.79 Å². The maximum Gasteiger partial charge on any atom is 0.326 e. The van der Waals surface area contributed by atoms with Gasteiger partial charge in [0.15, 0.2) is 0 Å². The summed E-state index contributed by atoms with van der Waals surface area (Å²) in [6.45, 7) is 5.47. The van der Waals surface area contributed by atoms with Crippen molar-refractivity contribution < 1.29 is 9.90 Å². The van der Waals surface area contributed by atoms with E-state index in [1.807, 2.05) is 13.0 Å². The predicted octanol–water partition coefficient (Wildman–Crippen LogP) is 2.19. The number of hydrogen-bond acceptors (Lipinski definition) is 4. The van der Waals surface area contributed by atoms with Gasteiger partial charge in [-0.15, -0.1) is 11.3 Å². The second-order valence-corrected chi connectivity index (χ2v) is 6.78. The molecule has 2 rings (SSSR count). The molecule has 1 unspecified atom stereocenters. The molecule has 1 saturated heterocycles. The highest BCUT2D eigenvalue weighted by Gasteiger charge is 2.31. The number of thiophene rings is 1. The van der Waals surface area contributed by atoms with E-state index in [4.69, 9.17) is 0 Å². The number of carboxylic acid groups (broad SMARTS) is 1. The lowest BCUT2D eigenvalue weighted by molar-refractivity contribution is -0.144. The van der Waals surface area contributed by atoms with Gasteiger partial charge in [-0.25, -0.2) is 0 Å². The molecule has 0 radical (unpaired) electrons. The summed E-state index contributed by atoms with van der Waals surface area (Å²) in [5.74, 6) is -0.756. The molecule has 0 bridgehead atoms. The summed E-state index contributed by atoms with van der Waals surface area (Å²) in [6, 6.07) is 1.44. The number of carbonyl (C=O) groups is 1. The Labute approximate surface area is 119 Å². The minimum absolute atomic E-state index is 0.506. The van der Waals surface area contributed by atoms with E-state index >= 15 is 0 Å². The van der Waals surface area contributed by atoms with Crippen LogP contribution in [0.2, 0.25) is 0 Å². The van der Waals surface area contributed by atoms with Gasteiger partial charge < -0.3 is 10.0 Å². The third-order valence-electron chi connectivity index (χ3n) is 3.28. The first kappa shape index (κ1) is 14.0. The first-order valence-corrected chi connectivity index (χ1v) is 7.51. The molecule has 1 aromatic heterocycles. The van der Waals surface area contributed by atoms with Gasteiger partial charge in [0, 0.05) is 40.4 Å². The van der Waals surface area contributed by atoms with Crippen LogP contribution in [-0.4, -0.2) is 54.1 Å². The standard InChI is InChI=1S/C12H17BrN2O2S/c1-8-9(13)7-10(18-8)11(12(16)17)15-5-3-14(2)4-6-15/h7,11H,3-6H2,1-2H3,(H,16,17). The SMILES string of the molecule is Cc1sc(C(C(=O)O)N2CCN(C)CC2)cc1Br. The lowest BCUT2D eigenvalue weighted by Crippen LogP contribution is -2.47. The normalized spacial score (nSPS) is 19.9. The number of halogens is 1. The fraction of sp³-hybridized carbons (Fsp3) is 0.583. The number of nitrogens with zero attached hydrogens (tertiary/aromatic N) is 2. The van der Waals surface area contributed by atoms with E-state index in [1.165, 1.54) is 0 Å². The molecule has 1 aliphatic rings. The third-order valence-corrected chi connectivity index (χ3v) is 5.47. The summed E-state index contributed by atoms with van der Waals surface area (Å²) < 4.78 is 1.00. The first-order chi connectivity index (χ1) is 8.49. The molecule has 2 heterocycles. The molecule has 0 aromatic carbocycles. The van der Waals surface area contributed by atoms with Gasteiger partial charge in [-0.05, 0) is 36.0 Å². The molecule has 1 aromatic rings. The van der Waals surface area contributed by atoms with E-state index in [9.17, 15) is 9.90 Å². The molecule has 18 heavy (non-hydrogen) atoms. The zero-order valence-corrected chi connectivity index (χ0v) is 12.9. The summed E-state index contributed by atoms with van der Waals surface area (Å²) in [7, 11) is 2.07. The van der Waals surface area contributed by atoms with E-state index in [-0.39, 0.29) is 0 Å². The van der Waals surface area contributed by atoms with Crippen molar-refractivity contribution in [3.63, 3.8) is 0 Å². The van der Waals surface area contributed by atoms with Crippen LogP contribution in [0, 0.1) is 6.92 Å². The number of aliphatic carboxylic acids is 1. The van der Waals surface area contributed by atoms with Gasteiger partial charge in [0.05, 0.1) is 0 Å². The van der Waals surface area contributed by atoms with Gasteiger partial charge in [0.2, 0.25) is 0 Å². The zero-order valence-electron chi connectivity index (χ0n) is 10.5. The smallest absolute Gasteiger partial charge is 0.326 e. The summed E-state index contributed by atoms with van der Waals surface area (Å²) in [4.78, 5) is 17.9. The number of rotatable bonds is 3. The van der Waals surface area contributed by atoms with E-state index in [0.29, 0.717) is 0 Å². The Morgan fingerprint density at radius 3 is 2.50 bits per heavy atom. The van der Waals surface area contributed by atoms with E-state index in [1.54, 1.807) is 11.3 Å². The summed E-state index contributed by atoms with van der Waals surface area (Å²) in [5, 5.41) is 9.48. The quantitative estimate of drug-likeness (QED) is 0.921. The second-order valence-electron chi connectivity index (χ2n) is 4.63. The molecule has 0 saturated carbocycles. The van der Waals surface area contributed by atoms with Crippen molar-refractivity contribution in [2.75, 3.05) is 33.2 Å². The molecule has 4 nitrogen and oxygen atoms in total. The Bertz CT molecular complexity index is 422. The largest absolute Gasteiger partial charge is 0.480 e. The van der Waals surface area contributed by atoms with Gasteiger partial charge in [-0.1, -0.05) is 0 Å². The maximum absolute atomic E-state index is 11.5. The third kappa shape index (κ3) is 2.93. The lowest BCUT2D eigenvalue weighted by Gasteiger charge is -2.35. The van der Waals surface area contributed by atoms with Gasteiger partial charge in [0.1, 0.15) is 6.04 Å². The van der Waals surface area contributed by atoms with Crippen molar-refractivity contribution >= 4 is 33.2 Å². The average Bonchev–Trinajstić information content (AvgIpc) is 2.61. The van der Waals surface area contributed by atoms with Crippen LogP contribution in [0.25, 0.3) is 0 Å². The fourth-order valence-electron chi connectivity index (χ4n) is 2.15. The topological polar surface area (TPSA) is 43.8 Å². The van der Waals surface area contributed by atoms with Gasteiger partial charge in [-0.2, -0.15) is 0 Å². The summed E-state index contributed by atoms with van der Waals surface area (Å²) in [6.07, 6.45) is 0. The highest BCUT2D eigenvalue weighted by molar-refractivity contribution is 9.10. The minimum atomic E-state index is -0.756. The monoisotopic (exact) mass is 332 g/mol. The van der Waals surface area contributed by atoms with E-state index in [2.05, 4.69) is 32.8 Å². The van der Waals surface area contributed by atoms with Crippen molar-refractivity contribution in [2.24, 2.45) is 0 Å². The predicted molar refractivity (Wildman–Crippen MR) is 76.2 cm³/mol. The molecular formula is C12H17BrN2O2S. The summed E-state index contributed by atoms with van der Waals surface area (Å²) >= 11 is 5.02. The highest BCUT2D eigenvalue weighted by Crippen LogP contribution is 2.33. The first-order valence-electron chi connectivity index (χ1n) is 5.90. The van der Waals surface area contributed by atoms with Crippen molar-refractivity contribution in [2.45, 2.75) is 13.0 Å². The lowest BCUT2D eigenvalue weighted by atomic mass is 10.1. The van der Waals surface area contributed by atoms with Crippen LogP contribution in [0.4, 0.5) is 0 Å². The molecule has 1 atom stereocenters. The fourth-order valence-corrected chi connectivity index (χ4v) is 3.84.